The molecule has 2 rings (SSSR count). The van der Waals surface area contributed by atoms with Crippen LogP contribution >= 0.6 is 15.9 Å². The molecule has 0 saturated heterocycles. The molecule has 3 heteroatoms. The van der Waals surface area contributed by atoms with Crippen LogP contribution in [0.2, 0.25) is 0 Å². The molecule has 92 valence electrons. The van der Waals surface area contributed by atoms with Gasteiger partial charge in [0.05, 0.1) is 5.54 Å². The van der Waals surface area contributed by atoms with Gasteiger partial charge in [-0.2, -0.15) is 0 Å². The highest BCUT2D eigenvalue weighted by Crippen LogP contribution is 2.45. The predicted molar refractivity (Wildman–Crippen MR) is 72.7 cm³/mol. The Morgan fingerprint density at radius 1 is 1.35 bits per heavy atom. The van der Waals surface area contributed by atoms with Crippen molar-refractivity contribution in [3.8, 4) is 0 Å². The average molecular weight is 296 g/mol. The van der Waals surface area contributed by atoms with E-state index in [0.29, 0.717) is 6.42 Å². The molecule has 1 fully saturated rings. The molecular formula is C14H18BrNO. The molecule has 17 heavy (non-hydrogen) atoms. The normalized spacial score (nSPS) is 16.6. The number of amides is 1. The van der Waals surface area contributed by atoms with Gasteiger partial charge in [-0.15, -0.1) is 0 Å². The Morgan fingerprint density at radius 2 is 2.00 bits per heavy atom. The topological polar surface area (TPSA) is 29.1 Å². The number of hydrogen-bond donors (Lipinski definition) is 1. The van der Waals surface area contributed by atoms with Crippen LogP contribution in [-0.4, -0.2) is 5.91 Å². The van der Waals surface area contributed by atoms with E-state index in [2.05, 4.69) is 40.3 Å². The maximum atomic E-state index is 11.8. The van der Waals surface area contributed by atoms with Gasteiger partial charge in [-0.05, 0) is 37.0 Å². The van der Waals surface area contributed by atoms with Crippen LogP contribution in [0.1, 0.15) is 44.6 Å². The SMILES string of the molecule is CCCCC(=O)NC1(c2ccc(Br)cc2)CC1. The van der Waals surface area contributed by atoms with Crippen LogP contribution in [0.5, 0.6) is 0 Å². The minimum absolute atomic E-state index is 0.0640. The Morgan fingerprint density at radius 3 is 2.53 bits per heavy atom. The Bertz CT molecular complexity index is 395. The largest absolute Gasteiger partial charge is 0.347 e. The number of unbranched alkanes of at least 4 members (excludes halogenated alkanes) is 1. The molecule has 0 bridgehead atoms. The van der Waals surface area contributed by atoms with Gasteiger partial charge in [-0.3, -0.25) is 4.79 Å². The van der Waals surface area contributed by atoms with Gasteiger partial charge in [0.25, 0.3) is 0 Å². The molecule has 1 aliphatic carbocycles. The monoisotopic (exact) mass is 295 g/mol. The van der Waals surface area contributed by atoms with E-state index < -0.39 is 0 Å². The summed E-state index contributed by atoms with van der Waals surface area (Å²) in [6, 6.07) is 8.26. The highest BCUT2D eigenvalue weighted by molar-refractivity contribution is 9.10. The molecule has 2 nitrogen and oxygen atoms in total. The number of nitrogens with one attached hydrogen (secondary N) is 1. The molecule has 1 aromatic carbocycles. The van der Waals surface area contributed by atoms with E-state index in [0.717, 1.165) is 30.2 Å². The van der Waals surface area contributed by atoms with E-state index in [-0.39, 0.29) is 11.4 Å². The van der Waals surface area contributed by atoms with Gasteiger partial charge in [0.1, 0.15) is 0 Å². The molecule has 0 radical (unpaired) electrons. The summed E-state index contributed by atoms with van der Waals surface area (Å²) in [6.07, 6.45) is 4.81. The van der Waals surface area contributed by atoms with E-state index in [1.807, 2.05) is 12.1 Å². The van der Waals surface area contributed by atoms with Gasteiger partial charge >= 0.3 is 0 Å². The molecule has 0 atom stereocenters. The van der Waals surface area contributed by atoms with Crippen LogP contribution in [0.25, 0.3) is 0 Å². The molecule has 0 spiro atoms. The van der Waals surface area contributed by atoms with E-state index in [1.165, 1.54) is 5.56 Å². The van der Waals surface area contributed by atoms with E-state index >= 15 is 0 Å². The number of benzene rings is 1. The minimum Gasteiger partial charge on any atom is -0.347 e. The molecule has 0 unspecified atom stereocenters. The molecule has 1 aliphatic rings. The quantitative estimate of drug-likeness (QED) is 0.881. The molecule has 1 aromatic rings. The van der Waals surface area contributed by atoms with Crippen LogP contribution in [0.4, 0.5) is 0 Å². The minimum atomic E-state index is -0.0640. The lowest BCUT2D eigenvalue weighted by atomic mass is 10.0. The van der Waals surface area contributed by atoms with Crippen LogP contribution in [0.15, 0.2) is 28.7 Å². The van der Waals surface area contributed by atoms with Crippen LogP contribution in [0.3, 0.4) is 0 Å². The maximum Gasteiger partial charge on any atom is 0.220 e. The molecule has 1 saturated carbocycles. The van der Waals surface area contributed by atoms with Crippen LogP contribution in [0, 0.1) is 0 Å². The third-order valence-corrected chi connectivity index (χ3v) is 3.81. The molecule has 1 amide bonds. The van der Waals surface area contributed by atoms with Gasteiger partial charge < -0.3 is 5.32 Å². The first-order valence-electron chi connectivity index (χ1n) is 6.23. The molecule has 0 aromatic heterocycles. The molecule has 1 N–H and O–H groups in total. The first-order valence-corrected chi connectivity index (χ1v) is 7.03. The predicted octanol–water partition coefficient (Wildman–Crippen LogP) is 3.74. The fraction of sp³-hybridized carbons (Fsp3) is 0.500. The second kappa shape index (κ2) is 5.21. The van der Waals surface area contributed by atoms with Crippen molar-refractivity contribution in [1.29, 1.82) is 0 Å². The summed E-state index contributed by atoms with van der Waals surface area (Å²) < 4.78 is 1.08. The van der Waals surface area contributed by atoms with Crippen molar-refractivity contribution in [3.05, 3.63) is 34.3 Å². The zero-order valence-corrected chi connectivity index (χ0v) is 11.7. The first kappa shape index (κ1) is 12.6. The summed E-state index contributed by atoms with van der Waals surface area (Å²) in [5.41, 5.74) is 1.16. The third-order valence-electron chi connectivity index (χ3n) is 3.28. The van der Waals surface area contributed by atoms with Crippen molar-refractivity contribution in [2.45, 2.75) is 44.6 Å². The van der Waals surface area contributed by atoms with Gasteiger partial charge in [0.2, 0.25) is 5.91 Å². The Kier molecular flexibility index (Phi) is 3.87. The summed E-state index contributed by atoms with van der Waals surface area (Å²) >= 11 is 3.43. The summed E-state index contributed by atoms with van der Waals surface area (Å²) in [5, 5.41) is 3.18. The average Bonchev–Trinajstić information content (AvgIpc) is 3.08. The lowest BCUT2D eigenvalue weighted by Crippen LogP contribution is -2.34. The zero-order chi connectivity index (χ0) is 12.3. The fourth-order valence-corrected chi connectivity index (χ4v) is 2.31. The molecule has 0 aliphatic heterocycles. The van der Waals surface area contributed by atoms with Gasteiger partial charge in [0.15, 0.2) is 0 Å². The third kappa shape index (κ3) is 3.09. The highest BCUT2D eigenvalue weighted by atomic mass is 79.9. The van der Waals surface area contributed by atoms with Gasteiger partial charge in [-0.1, -0.05) is 41.4 Å². The lowest BCUT2D eigenvalue weighted by Gasteiger charge is -2.18. The summed E-state index contributed by atoms with van der Waals surface area (Å²) in [6.45, 7) is 2.11. The van der Waals surface area contributed by atoms with Crippen LogP contribution < -0.4 is 5.32 Å². The van der Waals surface area contributed by atoms with E-state index in [4.69, 9.17) is 0 Å². The van der Waals surface area contributed by atoms with Crippen molar-refractivity contribution in [3.63, 3.8) is 0 Å². The summed E-state index contributed by atoms with van der Waals surface area (Å²) in [4.78, 5) is 11.8. The molecule has 0 heterocycles. The maximum absolute atomic E-state index is 11.8. The van der Waals surface area contributed by atoms with Crippen molar-refractivity contribution in [2.75, 3.05) is 0 Å². The zero-order valence-electron chi connectivity index (χ0n) is 10.1. The number of hydrogen-bond acceptors (Lipinski definition) is 1. The van der Waals surface area contributed by atoms with Crippen molar-refractivity contribution in [1.82, 2.24) is 5.32 Å². The Labute approximate surface area is 111 Å². The summed E-state index contributed by atoms with van der Waals surface area (Å²) in [7, 11) is 0. The number of carbonyl (C=O) groups is 1. The van der Waals surface area contributed by atoms with E-state index in [1.54, 1.807) is 0 Å². The second-order valence-corrected chi connectivity index (χ2v) is 5.66. The standard InChI is InChI=1S/C14H18BrNO/c1-2-3-4-13(17)16-14(9-10-14)11-5-7-12(15)8-6-11/h5-8H,2-4,9-10H2,1H3,(H,16,17). The van der Waals surface area contributed by atoms with Crippen molar-refractivity contribution < 1.29 is 4.79 Å². The second-order valence-electron chi connectivity index (χ2n) is 4.74. The highest BCUT2D eigenvalue weighted by Gasteiger charge is 2.45. The Balaban J connectivity index is 2.00. The van der Waals surface area contributed by atoms with Crippen molar-refractivity contribution in [2.24, 2.45) is 0 Å². The number of halogens is 1. The van der Waals surface area contributed by atoms with E-state index in [9.17, 15) is 4.79 Å². The van der Waals surface area contributed by atoms with Gasteiger partial charge in [-0.25, -0.2) is 0 Å². The van der Waals surface area contributed by atoms with Crippen molar-refractivity contribution >= 4 is 21.8 Å². The fourth-order valence-electron chi connectivity index (χ4n) is 2.05. The summed E-state index contributed by atoms with van der Waals surface area (Å²) in [5.74, 6) is 0.187. The number of rotatable bonds is 5. The smallest absolute Gasteiger partial charge is 0.220 e. The van der Waals surface area contributed by atoms with Gasteiger partial charge in [0, 0.05) is 10.9 Å². The Hall–Kier alpha value is -0.830. The van der Waals surface area contributed by atoms with Crippen LogP contribution in [-0.2, 0) is 10.3 Å². The molecular weight excluding hydrogens is 278 g/mol. The lowest BCUT2D eigenvalue weighted by molar-refractivity contribution is -0.122. The number of carbonyl (C=O) groups excluding carboxylic acids is 1. The first-order chi connectivity index (χ1) is 8.16.